The number of thiophene rings is 1. The molecule has 1 heteroatoms. The molecule has 0 saturated heterocycles. The Morgan fingerprint density at radius 1 is 1.29 bits per heavy atom. The molecule has 3 rings (SSSR count). The lowest BCUT2D eigenvalue weighted by atomic mass is 10.0. The van der Waals surface area contributed by atoms with Crippen LogP contribution in [0.4, 0.5) is 0 Å². The minimum absolute atomic E-state index is 1.20. The lowest BCUT2D eigenvalue weighted by Crippen LogP contribution is -1.88. The van der Waals surface area contributed by atoms with Gasteiger partial charge in [0.15, 0.2) is 0 Å². The molecule has 0 radical (unpaired) electrons. The van der Waals surface area contributed by atoms with Crippen LogP contribution in [-0.4, -0.2) is 0 Å². The second kappa shape index (κ2) is 2.96. The van der Waals surface area contributed by atoms with Crippen LogP contribution in [0.3, 0.4) is 0 Å². The second-order valence-corrected chi connectivity index (χ2v) is 4.97. The normalized spacial score (nSPS) is 14.6. The fourth-order valence-corrected chi connectivity index (χ4v) is 3.26. The van der Waals surface area contributed by atoms with E-state index in [1.807, 2.05) is 11.3 Å². The summed E-state index contributed by atoms with van der Waals surface area (Å²) in [6.45, 7) is 2.17. The van der Waals surface area contributed by atoms with E-state index in [0.29, 0.717) is 0 Å². The van der Waals surface area contributed by atoms with E-state index >= 15 is 0 Å². The summed E-state index contributed by atoms with van der Waals surface area (Å²) in [5, 5.41) is 1.48. The van der Waals surface area contributed by atoms with Gasteiger partial charge in [-0.15, -0.1) is 11.3 Å². The van der Waals surface area contributed by atoms with Crippen LogP contribution in [0.5, 0.6) is 0 Å². The maximum Gasteiger partial charge on any atom is 0.0352 e. The molecule has 70 valence electrons. The number of fused-ring (bicyclic) bond motifs is 3. The van der Waals surface area contributed by atoms with Crippen LogP contribution in [-0.2, 0) is 6.42 Å². The summed E-state index contributed by atoms with van der Waals surface area (Å²) in [4.78, 5) is 1.47. The van der Waals surface area contributed by atoms with Crippen molar-refractivity contribution >= 4 is 27.5 Å². The smallest absolute Gasteiger partial charge is 0.0352 e. The van der Waals surface area contributed by atoms with Gasteiger partial charge in [0.25, 0.3) is 0 Å². The van der Waals surface area contributed by atoms with E-state index in [1.54, 1.807) is 5.56 Å². The Balaban J connectivity index is 2.39. The molecule has 0 N–H and O–H groups in total. The van der Waals surface area contributed by atoms with Crippen LogP contribution in [0.25, 0.3) is 16.2 Å². The lowest BCUT2D eigenvalue weighted by Gasteiger charge is -2.04. The van der Waals surface area contributed by atoms with Crippen molar-refractivity contribution in [2.75, 3.05) is 0 Å². The number of allylic oxidation sites excluding steroid dienone is 1. The molecule has 1 aromatic carbocycles. The fraction of sp³-hybridized carbons (Fsp3) is 0.231. The van der Waals surface area contributed by atoms with E-state index in [-0.39, 0.29) is 0 Å². The van der Waals surface area contributed by atoms with E-state index < -0.39 is 0 Å². The molecule has 0 aliphatic heterocycles. The Morgan fingerprint density at radius 2 is 2.21 bits per heavy atom. The molecule has 2 aromatic rings. The largest absolute Gasteiger partial charge is 0.136 e. The molecule has 0 amide bonds. The van der Waals surface area contributed by atoms with Gasteiger partial charge in [0.2, 0.25) is 0 Å². The van der Waals surface area contributed by atoms with Crippen molar-refractivity contribution in [1.82, 2.24) is 0 Å². The number of hydrogen-bond acceptors (Lipinski definition) is 1. The van der Waals surface area contributed by atoms with Crippen LogP contribution in [0.15, 0.2) is 24.3 Å². The Kier molecular flexibility index (Phi) is 1.74. The maximum atomic E-state index is 2.32. The van der Waals surface area contributed by atoms with Gasteiger partial charge >= 0.3 is 0 Å². The van der Waals surface area contributed by atoms with Crippen molar-refractivity contribution in [2.24, 2.45) is 0 Å². The molecule has 1 aliphatic rings. The van der Waals surface area contributed by atoms with Crippen molar-refractivity contribution < 1.29 is 0 Å². The van der Waals surface area contributed by atoms with Crippen LogP contribution in [0.2, 0.25) is 0 Å². The van der Waals surface area contributed by atoms with Crippen molar-refractivity contribution in [2.45, 2.75) is 19.8 Å². The Morgan fingerprint density at radius 3 is 3.14 bits per heavy atom. The maximum absolute atomic E-state index is 2.32. The van der Waals surface area contributed by atoms with Gasteiger partial charge in [-0.2, -0.15) is 0 Å². The highest BCUT2D eigenvalue weighted by Crippen LogP contribution is 2.35. The van der Waals surface area contributed by atoms with Crippen molar-refractivity contribution in [3.8, 4) is 0 Å². The average Bonchev–Trinajstić information content (AvgIpc) is 2.56. The highest BCUT2D eigenvalue weighted by molar-refractivity contribution is 7.20. The number of hydrogen-bond donors (Lipinski definition) is 0. The topological polar surface area (TPSA) is 0 Å². The van der Waals surface area contributed by atoms with Crippen molar-refractivity contribution in [1.29, 1.82) is 0 Å². The zero-order valence-electron chi connectivity index (χ0n) is 8.21. The Hall–Kier alpha value is -1.08. The average molecular weight is 200 g/mol. The predicted octanol–water partition coefficient (Wildman–Crippen LogP) is 4.17. The summed E-state index contributed by atoms with van der Waals surface area (Å²) in [6, 6.07) is 6.78. The van der Waals surface area contributed by atoms with Gasteiger partial charge in [0.05, 0.1) is 0 Å². The van der Waals surface area contributed by atoms with Gasteiger partial charge in [-0.3, -0.25) is 0 Å². The number of benzene rings is 1. The summed E-state index contributed by atoms with van der Waals surface area (Å²) >= 11 is 1.92. The Labute approximate surface area is 87.9 Å². The molecule has 14 heavy (non-hydrogen) atoms. The van der Waals surface area contributed by atoms with Crippen LogP contribution in [0, 0.1) is 6.92 Å². The van der Waals surface area contributed by atoms with E-state index in [4.69, 9.17) is 0 Å². The highest BCUT2D eigenvalue weighted by atomic mass is 32.1. The SMILES string of the molecule is Cc1ccc2sc3c(c2c1)CCC=C3. The Bertz CT molecular complexity index is 517. The fourth-order valence-electron chi connectivity index (χ4n) is 2.09. The first kappa shape index (κ1) is 8.25. The first-order valence-corrected chi connectivity index (χ1v) is 5.85. The van der Waals surface area contributed by atoms with E-state index in [0.717, 1.165) is 0 Å². The predicted molar refractivity (Wildman–Crippen MR) is 63.9 cm³/mol. The summed E-state index contributed by atoms with van der Waals surface area (Å²) in [7, 11) is 0. The number of rotatable bonds is 0. The minimum Gasteiger partial charge on any atom is -0.136 e. The zero-order chi connectivity index (χ0) is 9.54. The molecule has 0 nitrogen and oxygen atoms in total. The van der Waals surface area contributed by atoms with Crippen LogP contribution in [0.1, 0.15) is 22.4 Å². The van der Waals surface area contributed by atoms with E-state index in [1.165, 1.54) is 33.4 Å². The summed E-state index contributed by atoms with van der Waals surface area (Å²) < 4.78 is 1.44. The molecule has 1 aliphatic carbocycles. The molecule has 0 bridgehead atoms. The third-order valence-electron chi connectivity index (χ3n) is 2.81. The monoisotopic (exact) mass is 200 g/mol. The van der Waals surface area contributed by atoms with Gasteiger partial charge in [0.1, 0.15) is 0 Å². The number of aryl methyl sites for hydroxylation is 2. The third-order valence-corrected chi connectivity index (χ3v) is 3.99. The molecular weight excluding hydrogens is 188 g/mol. The first-order valence-electron chi connectivity index (χ1n) is 5.03. The van der Waals surface area contributed by atoms with Gasteiger partial charge < -0.3 is 0 Å². The van der Waals surface area contributed by atoms with Gasteiger partial charge in [-0.05, 0) is 42.9 Å². The van der Waals surface area contributed by atoms with Gasteiger partial charge in [0, 0.05) is 9.58 Å². The molecule has 0 unspecified atom stereocenters. The van der Waals surface area contributed by atoms with Crippen molar-refractivity contribution in [3.05, 3.63) is 40.3 Å². The molecular formula is C13H12S. The van der Waals surface area contributed by atoms with E-state index in [2.05, 4.69) is 37.3 Å². The molecule has 0 saturated carbocycles. The molecule has 0 spiro atoms. The highest BCUT2D eigenvalue weighted by Gasteiger charge is 2.11. The lowest BCUT2D eigenvalue weighted by molar-refractivity contribution is 1.01. The third kappa shape index (κ3) is 1.12. The molecule has 0 atom stereocenters. The minimum atomic E-state index is 1.20. The second-order valence-electron chi connectivity index (χ2n) is 3.89. The first-order chi connectivity index (χ1) is 6.84. The zero-order valence-corrected chi connectivity index (χ0v) is 9.03. The standard InChI is InChI=1S/C13H12S/c1-9-6-7-13-11(8-9)10-4-2-3-5-12(10)14-13/h3,5-8H,2,4H2,1H3. The molecule has 1 aromatic heterocycles. The quantitative estimate of drug-likeness (QED) is 0.598. The molecule has 0 fully saturated rings. The van der Waals surface area contributed by atoms with Gasteiger partial charge in [-0.1, -0.05) is 23.8 Å². The summed E-state index contributed by atoms with van der Waals surface area (Å²) in [6.07, 6.45) is 6.98. The van der Waals surface area contributed by atoms with Crippen LogP contribution < -0.4 is 0 Å². The van der Waals surface area contributed by atoms with Gasteiger partial charge in [-0.25, -0.2) is 0 Å². The summed E-state index contributed by atoms with van der Waals surface area (Å²) in [5.74, 6) is 0. The van der Waals surface area contributed by atoms with Crippen LogP contribution >= 0.6 is 11.3 Å². The van der Waals surface area contributed by atoms with Crippen molar-refractivity contribution in [3.63, 3.8) is 0 Å². The molecule has 1 heterocycles. The van der Waals surface area contributed by atoms with E-state index in [9.17, 15) is 0 Å². The summed E-state index contributed by atoms with van der Waals surface area (Å²) in [5.41, 5.74) is 2.93.